The zero-order valence-electron chi connectivity index (χ0n) is 10.4. The summed E-state index contributed by atoms with van der Waals surface area (Å²) in [5.41, 5.74) is 7.20. The van der Waals surface area contributed by atoms with Gasteiger partial charge in [-0.25, -0.2) is 4.98 Å². The molecular weight excluding hydrogens is 280 g/mol. The maximum Gasteiger partial charge on any atom is 0.279 e. The van der Waals surface area contributed by atoms with Gasteiger partial charge in [-0.3, -0.25) is 10.1 Å². The number of methoxy groups -OCH3 is 1. The molecular formula is C11H10N6O2S. The van der Waals surface area contributed by atoms with Crippen molar-refractivity contribution >= 4 is 38.3 Å². The van der Waals surface area contributed by atoms with Crippen LogP contribution in [0.4, 0.5) is 10.8 Å². The Balaban J connectivity index is 1.95. The van der Waals surface area contributed by atoms with Crippen molar-refractivity contribution in [3.8, 4) is 5.75 Å². The Morgan fingerprint density at radius 3 is 3.05 bits per heavy atom. The highest BCUT2D eigenvalue weighted by Gasteiger charge is 2.14. The molecule has 3 rings (SSSR count). The smallest absolute Gasteiger partial charge is 0.279 e. The van der Waals surface area contributed by atoms with Crippen molar-refractivity contribution in [2.24, 2.45) is 0 Å². The summed E-state index contributed by atoms with van der Waals surface area (Å²) in [6, 6.07) is 3.46. The molecule has 0 saturated carbocycles. The van der Waals surface area contributed by atoms with Crippen LogP contribution in [-0.4, -0.2) is 33.4 Å². The standard InChI is InChI=1S/C11H10N6O2S/c1-19-7-2-5(12)3-8-9(7)14-11(20-8)15-10(18)6-4-13-17-16-6/h2-4H,12H2,1H3,(H,13,16,17)(H,14,15,18). The first-order valence-corrected chi connectivity index (χ1v) is 6.40. The number of hydrogen-bond acceptors (Lipinski definition) is 7. The number of ether oxygens (including phenoxy) is 1. The molecule has 1 amide bonds. The van der Waals surface area contributed by atoms with Gasteiger partial charge < -0.3 is 10.5 Å². The van der Waals surface area contributed by atoms with Gasteiger partial charge in [0, 0.05) is 11.8 Å². The van der Waals surface area contributed by atoms with E-state index in [1.54, 1.807) is 19.2 Å². The number of fused-ring (bicyclic) bond motifs is 1. The lowest BCUT2D eigenvalue weighted by Gasteiger charge is -2.01. The van der Waals surface area contributed by atoms with Gasteiger partial charge in [0.15, 0.2) is 10.8 Å². The fourth-order valence-corrected chi connectivity index (χ4v) is 2.63. The molecule has 3 aromatic rings. The normalized spacial score (nSPS) is 10.7. The predicted octanol–water partition coefficient (Wildman–Crippen LogP) is 1.26. The average molecular weight is 290 g/mol. The van der Waals surface area contributed by atoms with E-state index in [2.05, 4.69) is 25.7 Å². The number of nitrogens with one attached hydrogen (secondary N) is 2. The van der Waals surface area contributed by atoms with Crippen LogP contribution in [0.15, 0.2) is 18.3 Å². The molecule has 102 valence electrons. The van der Waals surface area contributed by atoms with Crippen LogP contribution in [-0.2, 0) is 0 Å². The van der Waals surface area contributed by atoms with Crippen LogP contribution in [0.5, 0.6) is 5.75 Å². The van der Waals surface area contributed by atoms with Gasteiger partial charge in [-0.05, 0) is 6.07 Å². The molecule has 2 heterocycles. The fraction of sp³-hybridized carbons (Fsp3) is 0.0909. The molecule has 4 N–H and O–H groups in total. The highest BCUT2D eigenvalue weighted by atomic mass is 32.1. The Kier molecular flexibility index (Phi) is 2.95. The third-order valence-corrected chi connectivity index (χ3v) is 3.49. The van der Waals surface area contributed by atoms with E-state index in [4.69, 9.17) is 10.5 Å². The SMILES string of the molecule is COc1cc(N)cc2sc(NC(=O)c3cn[nH]n3)nc12. The quantitative estimate of drug-likeness (QED) is 0.625. The van der Waals surface area contributed by atoms with Gasteiger partial charge >= 0.3 is 0 Å². The highest BCUT2D eigenvalue weighted by Crippen LogP contribution is 2.34. The summed E-state index contributed by atoms with van der Waals surface area (Å²) in [5, 5.41) is 12.7. The van der Waals surface area contributed by atoms with Gasteiger partial charge in [-0.15, -0.1) is 0 Å². The second kappa shape index (κ2) is 4.78. The Labute approximate surface area is 117 Å². The molecule has 0 atom stereocenters. The maximum atomic E-state index is 11.9. The van der Waals surface area contributed by atoms with Gasteiger partial charge in [0.25, 0.3) is 5.91 Å². The van der Waals surface area contributed by atoms with E-state index < -0.39 is 0 Å². The summed E-state index contributed by atoms with van der Waals surface area (Å²) in [4.78, 5) is 16.2. The number of thiazole rings is 1. The first-order chi connectivity index (χ1) is 9.67. The fourth-order valence-electron chi connectivity index (χ4n) is 1.70. The minimum Gasteiger partial charge on any atom is -0.494 e. The van der Waals surface area contributed by atoms with Crippen LogP contribution in [0.25, 0.3) is 10.2 Å². The third kappa shape index (κ3) is 2.14. The lowest BCUT2D eigenvalue weighted by atomic mass is 10.3. The first kappa shape index (κ1) is 12.4. The summed E-state index contributed by atoms with van der Waals surface area (Å²) in [6.07, 6.45) is 1.33. The van der Waals surface area contributed by atoms with Crippen LogP contribution in [0.1, 0.15) is 10.5 Å². The Morgan fingerprint density at radius 1 is 1.50 bits per heavy atom. The van der Waals surface area contributed by atoms with E-state index in [0.717, 1.165) is 4.70 Å². The zero-order valence-corrected chi connectivity index (χ0v) is 11.2. The van der Waals surface area contributed by atoms with Crippen molar-refractivity contribution in [1.82, 2.24) is 20.4 Å². The van der Waals surface area contributed by atoms with Crippen LogP contribution in [0.3, 0.4) is 0 Å². The number of anilines is 2. The minimum atomic E-state index is -0.384. The Bertz CT molecular complexity index is 767. The molecule has 0 saturated heterocycles. The molecule has 0 fully saturated rings. The number of carbonyl (C=O) groups excluding carboxylic acids is 1. The van der Waals surface area contributed by atoms with Crippen LogP contribution >= 0.6 is 11.3 Å². The van der Waals surface area contributed by atoms with Gasteiger partial charge in [-0.1, -0.05) is 11.3 Å². The molecule has 1 aromatic carbocycles. The number of nitrogens with two attached hydrogens (primary N) is 1. The number of nitrogen functional groups attached to an aromatic ring is 1. The van der Waals surface area contributed by atoms with Crippen molar-refractivity contribution in [2.75, 3.05) is 18.2 Å². The molecule has 0 bridgehead atoms. The Hall–Kier alpha value is -2.68. The van der Waals surface area contributed by atoms with E-state index in [1.807, 2.05) is 0 Å². The van der Waals surface area contributed by atoms with E-state index in [1.165, 1.54) is 17.5 Å². The van der Waals surface area contributed by atoms with Crippen LogP contribution < -0.4 is 15.8 Å². The first-order valence-electron chi connectivity index (χ1n) is 5.58. The summed E-state index contributed by atoms with van der Waals surface area (Å²) < 4.78 is 6.05. The highest BCUT2D eigenvalue weighted by molar-refractivity contribution is 7.22. The average Bonchev–Trinajstić information content (AvgIpc) is 3.05. The second-order valence-electron chi connectivity index (χ2n) is 3.90. The number of hydrogen-bond donors (Lipinski definition) is 3. The number of benzene rings is 1. The summed E-state index contributed by atoms with van der Waals surface area (Å²) in [5.74, 6) is 0.183. The predicted molar refractivity (Wildman–Crippen MR) is 74.9 cm³/mol. The van der Waals surface area contributed by atoms with Crippen molar-refractivity contribution in [3.63, 3.8) is 0 Å². The van der Waals surface area contributed by atoms with E-state index in [0.29, 0.717) is 22.1 Å². The number of nitrogens with zero attached hydrogens (tertiary/aromatic N) is 3. The van der Waals surface area contributed by atoms with Crippen molar-refractivity contribution < 1.29 is 9.53 Å². The molecule has 0 spiro atoms. The molecule has 8 nitrogen and oxygen atoms in total. The summed E-state index contributed by atoms with van der Waals surface area (Å²) in [6.45, 7) is 0. The monoisotopic (exact) mass is 290 g/mol. The molecule has 0 aliphatic rings. The number of H-pyrrole nitrogens is 1. The van der Waals surface area contributed by atoms with E-state index in [9.17, 15) is 4.79 Å². The molecule has 0 aliphatic heterocycles. The van der Waals surface area contributed by atoms with Crippen molar-refractivity contribution in [3.05, 3.63) is 24.0 Å². The lowest BCUT2D eigenvalue weighted by Crippen LogP contribution is -2.12. The third-order valence-electron chi connectivity index (χ3n) is 2.57. The van der Waals surface area contributed by atoms with Gasteiger partial charge in [0.05, 0.1) is 18.0 Å². The second-order valence-corrected chi connectivity index (χ2v) is 4.93. The summed E-state index contributed by atoms with van der Waals surface area (Å²) >= 11 is 1.31. The van der Waals surface area contributed by atoms with E-state index >= 15 is 0 Å². The number of rotatable bonds is 3. The lowest BCUT2D eigenvalue weighted by molar-refractivity contribution is 0.102. The number of aromatic amines is 1. The largest absolute Gasteiger partial charge is 0.494 e. The molecule has 9 heteroatoms. The van der Waals surface area contributed by atoms with E-state index in [-0.39, 0.29) is 11.6 Å². The van der Waals surface area contributed by atoms with Gasteiger partial charge in [-0.2, -0.15) is 15.4 Å². The van der Waals surface area contributed by atoms with Gasteiger partial charge in [0.2, 0.25) is 0 Å². The van der Waals surface area contributed by atoms with Gasteiger partial charge in [0.1, 0.15) is 11.3 Å². The molecule has 2 aromatic heterocycles. The number of amides is 1. The number of aromatic nitrogens is 4. The Morgan fingerprint density at radius 2 is 2.35 bits per heavy atom. The molecule has 20 heavy (non-hydrogen) atoms. The summed E-state index contributed by atoms with van der Waals surface area (Å²) in [7, 11) is 1.54. The molecule has 0 aliphatic carbocycles. The molecule has 0 radical (unpaired) electrons. The minimum absolute atomic E-state index is 0.190. The molecule has 0 unspecified atom stereocenters. The zero-order chi connectivity index (χ0) is 14.1. The number of carbonyl (C=O) groups is 1. The van der Waals surface area contributed by atoms with Crippen LogP contribution in [0, 0.1) is 0 Å². The topological polar surface area (TPSA) is 119 Å². The van der Waals surface area contributed by atoms with Crippen molar-refractivity contribution in [1.29, 1.82) is 0 Å². The van der Waals surface area contributed by atoms with Crippen LogP contribution in [0.2, 0.25) is 0 Å². The van der Waals surface area contributed by atoms with Crippen molar-refractivity contribution in [2.45, 2.75) is 0 Å². The maximum absolute atomic E-state index is 11.9.